The zero-order valence-electron chi connectivity index (χ0n) is 14.1. The van der Waals surface area contributed by atoms with Gasteiger partial charge in [0.1, 0.15) is 6.29 Å². The summed E-state index contributed by atoms with van der Waals surface area (Å²) in [6.07, 6.45) is 0.847. The van der Waals surface area contributed by atoms with Crippen molar-refractivity contribution in [3.05, 3.63) is 83.9 Å². The van der Waals surface area contributed by atoms with Crippen LogP contribution in [0.3, 0.4) is 0 Å². The van der Waals surface area contributed by atoms with Gasteiger partial charge in [0, 0.05) is 25.1 Å². The second kappa shape index (κ2) is 7.31. The van der Waals surface area contributed by atoms with Gasteiger partial charge in [0.15, 0.2) is 0 Å². The largest absolute Gasteiger partial charge is 0.478 e. The Labute approximate surface area is 164 Å². The molecule has 0 aliphatic heterocycles. The van der Waals surface area contributed by atoms with Gasteiger partial charge < -0.3 is 5.11 Å². The van der Waals surface area contributed by atoms with Gasteiger partial charge in [-0.25, -0.2) is 4.79 Å². The number of thiophene rings is 2. The van der Waals surface area contributed by atoms with Gasteiger partial charge in [0.25, 0.3) is 0 Å². The molecule has 1 N–H and O–H groups in total. The summed E-state index contributed by atoms with van der Waals surface area (Å²) in [7, 11) is 0. The Bertz CT molecular complexity index is 1100. The molecule has 0 saturated heterocycles. The molecule has 0 spiro atoms. The van der Waals surface area contributed by atoms with E-state index in [9.17, 15) is 9.59 Å². The number of hydrogen-bond donors (Lipinski definition) is 1. The van der Waals surface area contributed by atoms with Crippen LogP contribution < -0.4 is 0 Å². The smallest absolute Gasteiger partial charge is 0.335 e. The van der Waals surface area contributed by atoms with E-state index in [-0.39, 0.29) is 0 Å². The van der Waals surface area contributed by atoms with E-state index in [1.165, 1.54) is 9.75 Å². The highest BCUT2D eigenvalue weighted by molar-refractivity contribution is 7.25. The molecule has 27 heavy (non-hydrogen) atoms. The molecule has 2 aromatic heterocycles. The molecule has 0 radical (unpaired) electrons. The molecule has 0 aliphatic carbocycles. The lowest BCUT2D eigenvalue weighted by atomic mass is 10.1. The van der Waals surface area contributed by atoms with Crippen molar-refractivity contribution in [1.82, 2.24) is 0 Å². The molecule has 4 rings (SSSR count). The number of hydrogen-bond acceptors (Lipinski definition) is 4. The number of carboxylic acid groups (broad SMARTS) is 1. The molecule has 0 bridgehead atoms. The molecular formula is C22H14O3S2. The van der Waals surface area contributed by atoms with Gasteiger partial charge >= 0.3 is 5.97 Å². The van der Waals surface area contributed by atoms with Crippen molar-refractivity contribution in [2.24, 2.45) is 0 Å². The summed E-state index contributed by atoms with van der Waals surface area (Å²) < 4.78 is 0. The Kier molecular flexibility index (Phi) is 4.71. The van der Waals surface area contributed by atoms with Crippen molar-refractivity contribution < 1.29 is 14.7 Å². The van der Waals surface area contributed by atoms with Crippen LogP contribution in [0, 0.1) is 0 Å². The highest BCUT2D eigenvalue weighted by Crippen LogP contribution is 2.40. The van der Waals surface area contributed by atoms with Crippen molar-refractivity contribution in [3.8, 4) is 30.6 Å². The minimum Gasteiger partial charge on any atom is -0.478 e. The van der Waals surface area contributed by atoms with Crippen LogP contribution in [-0.4, -0.2) is 17.4 Å². The first-order valence-electron chi connectivity index (χ1n) is 8.23. The van der Waals surface area contributed by atoms with Crippen molar-refractivity contribution >= 4 is 34.9 Å². The van der Waals surface area contributed by atoms with E-state index in [0.29, 0.717) is 11.1 Å². The van der Waals surface area contributed by atoms with E-state index in [1.54, 1.807) is 34.8 Å². The van der Waals surface area contributed by atoms with Gasteiger partial charge in [0.2, 0.25) is 0 Å². The van der Waals surface area contributed by atoms with E-state index >= 15 is 0 Å². The lowest BCUT2D eigenvalue weighted by molar-refractivity contribution is 0.0696. The van der Waals surface area contributed by atoms with Gasteiger partial charge in [-0.05, 0) is 47.5 Å². The molecule has 2 aromatic carbocycles. The van der Waals surface area contributed by atoms with E-state index in [2.05, 4.69) is 24.3 Å². The van der Waals surface area contributed by atoms with Crippen LogP contribution in [-0.2, 0) is 0 Å². The van der Waals surface area contributed by atoms with Crippen LogP contribution in [0.2, 0.25) is 0 Å². The maximum absolute atomic E-state index is 11.0. The van der Waals surface area contributed by atoms with E-state index in [0.717, 1.165) is 27.2 Å². The minimum atomic E-state index is -0.916. The Morgan fingerprint density at radius 2 is 1.11 bits per heavy atom. The lowest BCUT2D eigenvalue weighted by Gasteiger charge is -1.99. The quantitative estimate of drug-likeness (QED) is 0.406. The summed E-state index contributed by atoms with van der Waals surface area (Å²) in [6.45, 7) is 0. The van der Waals surface area contributed by atoms with Crippen LogP contribution in [0.25, 0.3) is 30.6 Å². The Hall–Kier alpha value is -3.02. The Morgan fingerprint density at radius 1 is 0.667 bits per heavy atom. The average molecular weight is 390 g/mol. The fraction of sp³-hybridized carbons (Fsp3) is 0. The first-order chi connectivity index (χ1) is 13.1. The molecule has 5 heteroatoms. The summed E-state index contributed by atoms with van der Waals surface area (Å²) in [6, 6.07) is 22.9. The summed E-state index contributed by atoms with van der Waals surface area (Å²) in [5.41, 5.74) is 3.07. The molecule has 0 atom stereocenters. The van der Waals surface area contributed by atoms with Crippen LogP contribution >= 0.6 is 22.7 Å². The second-order valence-corrected chi connectivity index (χ2v) is 8.12. The molecule has 0 aliphatic rings. The van der Waals surface area contributed by atoms with E-state index in [1.807, 2.05) is 36.4 Å². The number of benzene rings is 2. The standard InChI is InChI=1S/C22H14O3S2/c23-13-14-1-3-15(4-2-14)18-9-11-20(26-18)21-12-10-19(27-21)16-5-7-17(8-6-16)22(24)25/h1-13H,(H,24,25). The number of carbonyl (C=O) groups is 2. The van der Waals surface area contributed by atoms with Gasteiger partial charge in [-0.2, -0.15) is 0 Å². The first kappa shape index (κ1) is 17.4. The number of rotatable bonds is 5. The molecule has 0 unspecified atom stereocenters. The van der Waals surface area contributed by atoms with Crippen molar-refractivity contribution in [1.29, 1.82) is 0 Å². The molecule has 0 saturated carbocycles. The van der Waals surface area contributed by atoms with Crippen molar-refractivity contribution in [2.75, 3.05) is 0 Å². The molecule has 0 fully saturated rings. The zero-order chi connectivity index (χ0) is 18.8. The van der Waals surface area contributed by atoms with Crippen LogP contribution in [0.1, 0.15) is 20.7 Å². The van der Waals surface area contributed by atoms with Crippen LogP contribution in [0.4, 0.5) is 0 Å². The highest BCUT2D eigenvalue weighted by Gasteiger charge is 2.10. The number of aldehydes is 1. The third kappa shape index (κ3) is 3.60. The Balaban J connectivity index is 1.59. The second-order valence-electron chi connectivity index (χ2n) is 5.95. The molecule has 132 valence electrons. The maximum atomic E-state index is 11.0. The van der Waals surface area contributed by atoms with E-state index < -0.39 is 5.97 Å². The third-order valence-electron chi connectivity index (χ3n) is 4.20. The maximum Gasteiger partial charge on any atom is 0.335 e. The summed E-state index contributed by atoms with van der Waals surface area (Å²) >= 11 is 3.40. The first-order valence-corrected chi connectivity index (χ1v) is 9.87. The van der Waals surface area contributed by atoms with Crippen molar-refractivity contribution in [3.63, 3.8) is 0 Å². The highest BCUT2D eigenvalue weighted by atomic mass is 32.1. The van der Waals surface area contributed by atoms with Gasteiger partial charge in [-0.15, -0.1) is 22.7 Å². The normalized spacial score (nSPS) is 10.7. The summed E-state index contributed by atoms with van der Waals surface area (Å²) in [5, 5.41) is 9.01. The SMILES string of the molecule is O=Cc1ccc(-c2ccc(-c3ccc(-c4ccc(C(=O)O)cc4)s3)s2)cc1. The van der Waals surface area contributed by atoms with E-state index in [4.69, 9.17) is 5.11 Å². The van der Waals surface area contributed by atoms with Gasteiger partial charge in [-0.3, -0.25) is 4.79 Å². The van der Waals surface area contributed by atoms with Gasteiger partial charge in [-0.1, -0.05) is 36.4 Å². The minimum absolute atomic E-state index is 0.291. The number of aromatic carboxylic acids is 1. The fourth-order valence-electron chi connectivity index (χ4n) is 2.75. The lowest BCUT2D eigenvalue weighted by Crippen LogP contribution is -1.94. The van der Waals surface area contributed by atoms with Crippen LogP contribution in [0.5, 0.6) is 0 Å². The fourth-order valence-corrected chi connectivity index (χ4v) is 4.87. The molecule has 3 nitrogen and oxygen atoms in total. The summed E-state index contributed by atoms with van der Waals surface area (Å²) in [5.74, 6) is -0.916. The topological polar surface area (TPSA) is 54.4 Å². The summed E-state index contributed by atoms with van der Waals surface area (Å²) in [4.78, 5) is 26.4. The molecular weight excluding hydrogens is 376 g/mol. The van der Waals surface area contributed by atoms with Crippen LogP contribution in [0.15, 0.2) is 72.8 Å². The predicted molar refractivity (Wildman–Crippen MR) is 111 cm³/mol. The number of carbonyl (C=O) groups excluding carboxylic acids is 1. The zero-order valence-corrected chi connectivity index (χ0v) is 15.7. The predicted octanol–water partition coefficient (Wildman–Crippen LogP) is 6.32. The van der Waals surface area contributed by atoms with Crippen molar-refractivity contribution in [2.45, 2.75) is 0 Å². The molecule has 2 heterocycles. The monoisotopic (exact) mass is 390 g/mol. The average Bonchev–Trinajstić information content (AvgIpc) is 3.38. The molecule has 4 aromatic rings. The molecule has 0 amide bonds. The van der Waals surface area contributed by atoms with Gasteiger partial charge in [0.05, 0.1) is 5.56 Å². The Morgan fingerprint density at radius 3 is 1.56 bits per heavy atom. The number of carboxylic acids is 1. The third-order valence-corrected chi connectivity index (χ3v) is 6.67.